The summed E-state index contributed by atoms with van der Waals surface area (Å²) in [7, 11) is -2.14. The zero-order valence-electron chi connectivity index (χ0n) is 24.2. The van der Waals surface area contributed by atoms with E-state index in [2.05, 4.69) is 30.8 Å². The third-order valence-corrected chi connectivity index (χ3v) is 8.47. The molecule has 1 aromatic heterocycles. The molecule has 0 radical (unpaired) electrons. The van der Waals surface area contributed by atoms with E-state index < -0.39 is 27.9 Å². The first kappa shape index (κ1) is 29.9. The monoisotopic (exact) mass is 575 g/mol. The number of anilines is 1. The molecule has 1 atom stereocenters. The molecule has 0 saturated heterocycles. The summed E-state index contributed by atoms with van der Waals surface area (Å²) in [5.74, 6) is -1.55. The van der Waals surface area contributed by atoms with Crippen LogP contribution in [-0.4, -0.2) is 36.0 Å². The molecule has 0 saturated carbocycles. The number of nitrogens with one attached hydrogen (secondary N) is 2. The Morgan fingerprint density at radius 3 is 2.15 bits per heavy atom. The molecule has 0 fully saturated rings. The molecule has 0 aliphatic carbocycles. The average Bonchev–Trinajstić information content (AvgIpc) is 3.19. The molecule has 0 unspecified atom stereocenters. The number of aliphatic carboxylic acids is 1. The van der Waals surface area contributed by atoms with E-state index in [4.69, 9.17) is 0 Å². The van der Waals surface area contributed by atoms with Crippen LogP contribution in [0, 0.1) is 5.92 Å². The number of nitrogens with zero attached hydrogens (tertiary/aromatic N) is 1. The first-order valence-corrected chi connectivity index (χ1v) is 15.0. The minimum absolute atomic E-state index is 0.0673. The molecule has 0 spiro atoms. The standard InChI is InChI=1S/C32H37N3O5S/c1-20(2)18-26(31(37)38)33-30(36)29-28(21-10-8-7-9-11-21)25-19-23(14-17-27(25)35(29)6)34-41(39,40)24-15-12-22(13-16-24)32(3,4)5/h7-17,19-20,26,34H,18H2,1-6H3,(H,33,36)(H,37,38)/t26-/m0/s1. The number of carbonyl (C=O) groups is 2. The van der Waals surface area contributed by atoms with E-state index in [1.165, 1.54) is 0 Å². The molecule has 3 N–H and O–H groups in total. The Morgan fingerprint density at radius 1 is 0.951 bits per heavy atom. The first-order valence-electron chi connectivity index (χ1n) is 13.5. The molecule has 0 aliphatic rings. The summed E-state index contributed by atoms with van der Waals surface area (Å²) in [6.45, 7) is 9.99. The van der Waals surface area contributed by atoms with Crippen molar-refractivity contribution in [2.75, 3.05) is 4.72 Å². The Hall–Kier alpha value is -4.11. The highest BCUT2D eigenvalue weighted by Gasteiger charge is 2.28. The van der Waals surface area contributed by atoms with Crippen molar-refractivity contribution in [2.24, 2.45) is 13.0 Å². The van der Waals surface area contributed by atoms with Gasteiger partial charge in [-0.25, -0.2) is 13.2 Å². The fourth-order valence-corrected chi connectivity index (χ4v) is 5.99. The van der Waals surface area contributed by atoms with Crippen molar-refractivity contribution in [3.8, 4) is 11.1 Å². The molecule has 4 aromatic rings. The number of fused-ring (bicyclic) bond motifs is 1. The lowest BCUT2D eigenvalue weighted by molar-refractivity contribution is -0.139. The second-order valence-corrected chi connectivity index (χ2v) is 13.4. The van der Waals surface area contributed by atoms with Gasteiger partial charge in [0.25, 0.3) is 15.9 Å². The molecule has 8 nitrogen and oxygen atoms in total. The Labute approximate surface area is 241 Å². The summed E-state index contributed by atoms with van der Waals surface area (Å²) in [6, 6.07) is 20.2. The largest absolute Gasteiger partial charge is 0.480 e. The molecule has 1 amide bonds. The van der Waals surface area contributed by atoms with Gasteiger partial charge in [0, 0.05) is 29.2 Å². The predicted molar refractivity (Wildman–Crippen MR) is 163 cm³/mol. The Bertz CT molecular complexity index is 1680. The maximum Gasteiger partial charge on any atom is 0.326 e. The lowest BCUT2D eigenvalue weighted by Crippen LogP contribution is -2.42. The number of hydrogen-bond donors (Lipinski definition) is 3. The zero-order valence-corrected chi connectivity index (χ0v) is 25.0. The molecule has 0 aliphatic heterocycles. The second-order valence-electron chi connectivity index (χ2n) is 11.8. The lowest BCUT2D eigenvalue weighted by Gasteiger charge is -2.19. The quantitative estimate of drug-likeness (QED) is 0.221. The minimum atomic E-state index is -3.88. The molecule has 1 heterocycles. The molecule has 41 heavy (non-hydrogen) atoms. The van der Waals surface area contributed by atoms with Gasteiger partial charge < -0.3 is 15.0 Å². The van der Waals surface area contributed by atoms with Crippen LogP contribution in [0.3, 0.4) is 0 Å². The molecular weight excluding hydrogens is 538 g/mol. The van der Waals surface area contributed by atoms with Gasteiger partial charge in [0.2, 0.25) is 0 Å². The van der Waals surface area contributed by atoms with Crippen LogP contribution in [0.4, 0.5) is 5.69 Å². The van der Waals surface area contributed by atoms with E-state index in [1.54, 1.807) is 41.9 Å². The van der Waals surface area contributed by atoms with Gasteiger partial charge in [-0.1, -0.05) is 77.1 Å². The zero-order chi connectivity index (χ0) is 30.1. The molecule has 4 rings (SSSR count). The number of amides is 1. The maximum atomic E-state index is 13.6. The van der Waals surface area contributed by atoms with Crippen LogP contribution >= 0.6 is 0 Å². The number of carboxylic acids is 1. The summed E-state index contributed by atoms with van der Waals surface area (Å²) >= 11 is 0. The van der Waals surface area contributed by atoms with E-state index in [-0.39, 0.29) is 22.6 Å². The summed E-state index contributed by atoms with van der Waals surface area (Å²) in [5, 5.41) is 13.1. The summed E-state index contributed by atoms with van der Waals surface area (Å²) < 4.78 is 30.9. The normalized spacial score (nSPS) is 12.9. The van der Waals surface area contributed by atoms with Gasteiger partial charge in [0.15, 0.2) is 0 Å². The van der Waals surface area contributed by atoms with Crippen LogP contribution in [0.2, 0.25) is 0 Å². The third-order valence-electron chi connectivity index (χ3n) is 7.07. The molecular formula is C32H37N3O5S. The summed E-state index contributed by atoms with van der Waals surface area (Å²) in [5.41, 5.74) is 3.59. The third kappa shape index (κ3) is 6.46. The summed E-state index contributed by atoms with van der Waals surface area (Å²) in [4.78, 5) is 25.6. The number of rotatable bonds is 9. The van der Waals surface area contributed by atoms with Gasteiger partial charge in [-0.05, 0) is 59.2 Å². The predicted octanol–water partition coefficient (Wildman–Crippen LogP) is 6.17. The van der Waals surface area contributed by atoms with Gasteiger partial charge in [-0.2, -0.15) is 0 Å². The van der Waals surface area contributed by atoms with Gasteiger partial charge in [0.05, 0.1) is 4.90 Å². The highest BCUT2D eigenvalue weighted by atomic mass is 32.2. The first-order chi connectivity index (χ1) is 19.2. The molecule has 0 bridgehead atoms. The van der Waals surface area contributed by atoms with E-state index in [9.17, 15) is 23.1 Å². The van der Waals surface area contributed by atoms with Crippen LogP contribution in [0.1, 0.15) is 57.1 Å². The minimum Gasteiger partial charge on any atom is -0.480 e. The fourth-order valence-electron chi connectivity index (χ4n) is 4.94. The number of aromatic nitrogens is 1. The lowest BCUT2D eigenvalue weighted by atomic mass is 9.87. The number of carbonyl (C=O) groups excluding carboxylic acids is 1. The van der Waals surface area contributed by atoms with Crippen LogP contribution in [0.25, 0.3) is 22.0 Å². The van der Waals surface area contributed by atoms with E-state index in [0.717, 1.165) is 11.1 Å². The van der Waals surface area contributed by atoms with Crippen LogP contribution < -0.4 is 10.0 Å². The number of sulfonamides is 1. The maximum absolute atomic E-state index is 13.6. The fraction of sp³-hybridized carbons (Fsp3) is 0.312. The molecule has 216 valence electrons. The topological polar surface area (TPSA) is 118 Å². The highest BCUT2D eigenvalue weighted by Crippen LogP contribution is 2.36. The van der Waals surface area contributed by atoms with Crippen molar-refractivity contribution >= 4 is 38.5 Å². The highest BCUT2D eigenvalue weighted by molar-refractivity contribution is 7.92. The van der Waals surface area contributed by atoms with Gasteiger partial charge in [-0.3, -0.25) is 9.52 Å². The molecule has 3 aromatic carbocycles. The van der Waals surface area contributed by atoms with Crippen molar-refractivity contribution in [3.63, 3.8) is 0 Å². The smallest absolute Gasteiger partial charge is 0.326 e. The van der Waals surface area contributed by atoms with Crippen LogP contribution in [0.5, 0.6) is 0 Å². The number of benzene rings is 3. The van der Waals surface area contributed by atoms with Crippen LogP contribution in [-0.2, 0) is 27.3 Å². The van der Waals surface area contributed by atoms with Crippen molar-refractivity contribution in [3.05, 3.63) is 84.1 Å². The Morgan fingerprint density at radius 2 is 1.59 bits per heavy atom. The van der Waals surface area contributed by atoms with E-state index in [1.807, 2.05) is 56.3 Å². The van der Waals surface area contributed by atoms with Gasteiger partial charge >= 0.3 is 5.97 Å². The number of aryl methyl sites for hydroxylation is 1. The Kier molecular flexibility index (Phi) is 8.31. The van der Waals surface area contributed by atoms with E-state index in [0.29, 0.717) is 27.8 Å². The number of carboxylic acid groups (broad SMARTS) is 1. The second kappa shape index (κ2) is 11.4. The Balaban J connectivity index is 1.78. The van der Waals surface area contributed by atoms with Gasteiger partial charge in [-0.15, -0.1) is 0 Å². The summed E-state index contributed by atoms with van der Waals surface area (Å²) in [6.07, 6.45) is 0.286. The van der Waals surface area contributed by atoms with E-state index >= 15 is 0 Å². The average molecular weight is 576 g/mol. The SMILES string of the molecule is CC(C)C[C@H](NC(=O)c1c(-c2ccccc2)c2cc(NS(=O)(=O)c3ccc(C(C)(C)C)cc3)ccc2n1C)C(=O)O. The van der Waals surface area contributed by atoms with Crippen LogP contribution in [0.15, 0.2) is 77.7 Å². The van der Waals surface area contributed by atoms with Crippen molar-refractivity contribution in [2.45, 2.75) is 57.4 Å². The molecule has 9 heteroatoms. The number of hydrogen-bond acceptors (Lipinski definition) is 4. The van der Waals surface area contributed by atoms with Gasteiger partial charge in [0.1, 0.15) is 11.7 Å². The van der Waals surface area contributed by atoms with Crippen molar-refractivity contribution in [1.82, 2.24) is 9.88 Å². The van der Waals surface area contributed by atoms with Crippen molar-refractivity contribution < 1.29 is 23.1 Å². The van der Waals surface area contributed by atoms with Crippen molar-refractivity contribution in [1.29, 1.82) is 0 Å².